The van der Waals surface area contributed by atoms with E-state index in [0.717, 1.165) is 12.1 Å². The number of hydrogen-bond donors (Lipinski definition) is 2. The topological polar surface area (TPSA) is 150 Å². The molecular weight excluding hydrogens is 444 g/mol. The van der Waals surface area contributed by atoms with E-state index in [-0.39, 0.29) is 10.8 Å². The molecule has 0 spiro atoms. The number of anilines is 1. The summed E-state index contributed by atoms with van der Waals surface area (Å²) in [5.74, 6) is -2.54. The van der Waals surface area contributed by atoms with Crippen molar-refractivity contribution in [2.24, 2.45) is 5.14 Å². The van der Waals surface area contributed by atoms with Gasteiger partial charge < -0.3 is 10.1 Å². The summed E-state index contributed by atoms with van der Waals surface area (Å²) >= 11 is 5.99. The van der Waals surface area contributed by atoms with E-state index in [4.69, 9.17) is 21.5 Å². The summed E-state index contributed by atoms with van der Waals surface area (Å²) in [5, 5.41) is 5.93. The van der Waals surface area contributed by atoms with Crippen LogP contribution in [0.4, 0.5) is 5.69 Å². The zero-order valence-corrected chi connectivity index (χ0v) is 17.6. The van der Waals surface area contributed by atoms with Crippen molar-refractivity contribution in [2.45, 2.75) is 28.9 Å². The molecule has 0 bridgehead atoms. The van der Waals surface area contributed by atoms with Crippen molar-refractivity contribution in [3.8, 4) is 5.75 Å². The SMILES string of the molecule is CC(C)S(=O)(=O)c1cc(S(N)(=O)=O)c(NC(=O)C(=O)Oc2ccccc2)cc1Cl. The van der Waals surface area contributed by atoms with Crippen molar-refractivity contribution in [2.75, 3.05) is 5.32 Å². The van der Waals surface area contributed by atoms with Gasteiger partial charge in [0, 0.05) is 0 Å². The van der Waals surface area contributed by atoms with Crippen LogP contribution in [0.2, 0.25) is 5.02 Å². The Bertz CT molecular complexity index is 1160. The van der Waals surface area contributed by atoms with Crippen LogP contribution < -0.4 is 15.2 Å². The van der Waals surface area contributed by atoms with Gasteiger partial charge in [-0.1, -0.05) is 29.8 Å². The van der Waals surface area contributed by atoms with Crippen LogP contribution in [-0.2, 0) is 29.4 Å². The molecule has 0 saturated carbocycles. The van der Waals surface area contributed by atoms with E-state index in [0.29, 0.717) is 0 Å². The Labute approximate surface area is 172 Å². The minimum atomic E-state index is -4.48. The molecule has 3 N–H and O–H groups in total. The predicted octanol–water partition coefficient (Wildman–Crippen LogP) is 1.71. The zero-order valence-electron chi connectivity index (χ0n) is 15.2. The van der Waals surface area contributed by atoms with Crippen molar-refractivity contribution >= 4 is 49.0 Å². The summed E-state index contributed by atoms with van der Waals surface area (Å²) in [6.45, 7) is 2.77. The summed E-state index contributed by atoms with van der Waals surface area (Å²) in [6.07, 6.45) is 0. The molecule has 0 saturated heterocycles. The van der Waals surface area contributed by atoms with Crippen LogP contribution in [0.3, 0.4) is 0 Å². The first-order chi connectivity index (χ1) is 13.3. The first kappa shape index (κ1) is 22.8. The lowest BCUT2D eigenvalue weighted by molar-refractivity contribution is -0.145. The second kappa shape index (κ2) is 8.49. The maximum absolute atomic E-state index is 12.4. The molecule has 12 heteroatoms. The summed E-state index contributed by atoms with van der Waals surface area (Å²) in [4.78, 5) is 22.9. The number of rotatable bonds is 5. The van der Waals surface area contributed by atoms with Crippen molar-refractivity contribution < 1.29 is 31.2 Å². The Balaban J connectivity index is 2.43. The average Bonchev–Trinajstić information content (AvgIpc) is 2.61. The molecule has 29 heavy (non-hydrogen) atoms. The fourth-order valence-corrected chi connectivity index (χ4v) is 4.54. The number of carbonyl (C=O) groups is 2. The number of halogens is 1. The van der Waals surface area contributed by atoms with Crippen LogP contribution in [-0.4, -0.2) is 34.0 Å². The molecule has 156 valence electrons. The molecule has 0 atom stereocenters. The monoisotopic (exact) mass is 460 g/mol. The van der Waals surface area contributed by atoms with Gasteiger partial charge in [0.1, 0.15) is 10.6 Å². The lowest BCUT2D eigenvalue weighted by Crippen LogP contribution is -2.29. The molecule has 0 unspecified atom stereocenters. The molecule has 0 radical (unpaired) electrons. The van der Waals surface area contributed by atoms with Gasteiger partial charge in [-0.2, -0.15) is 0 Å². The van der Waals surface area contributed by atoms with Gasteiger partial charge in [0.15, 0.2) is 9.84 Å². The van der Waals surface area contributed by atoms with Gasteiger partial charge in [0.05, 0.1) is 20.9 Å². The summed E-state index contributed by atoms with van der Waals surface area (Å²) in [7, 11) is -8.43. The number of hydrogen-bond acceptors (Lipinski definition) is 7. The molecule has 2 aromatic rings. The maximum atomic E-state index is 12.4. The Morgan fingerprint density at radius 3 is 2.14 bits per heavy atom. The van der Waals surface area contributed by atoms with E-state index in [1.54, 1.807) is 18.2 Å². The number of carbonyl (C=O) groups excluding carboxylic acids is 2. The number of para-hydroxylation sites is 1. The number of nitrogens with one attached hydrogen (secondary N) is 1. The van der Waals surface area contributed by atoms with E-state index in [1.165, 1.54) is 26.0 Å². The smallest absolute Gasteiger partial charge is 0.402 e. The number of nitrogens with two attached hydrogens (primary N) is 1. The molecule has 1 amide bonds. The highest BCUT2D eigenvalue weighted by molar-refractivity contribution is 7.92. The average molecular weight is 461 g/mol. The van der Waals surface area contributed by atoms with E-state index < -0.39 is 52.5 Å². The molecular formula is C17H17ClN2O7S2. The lowest BCUT2D eigenvalue weighted by Gasteiger charge is -2.15. The van der Waals surface area contributed by atoms with Crippen LogP contribution in [0.25, 0.3) is 0 Å². The standard InChI is InChI=1S/C17H17ClN2O7S2/c1-10(2)28(23,24)14-9-15(29(19,25)26)13(8-12(14)18)20-16(21)17(22)27-11-6-4-3-5-7-11/h3-10H,1-2H3,(H,20,21)(H2,19,25,26). The maximum Gasteiger partial charge on any atom is 0.402 e. The number of sulfone groups is 1. The van der Waals surface area contributed by atoms with E-state index in [2.05, 4.69) is 0 Å². The van der Waals surface area contributed by atoms with Crippen LogP contribution in [0, 0.1) is 0 Å². The third kappa shape index (κ3) is 5.32. The van der Waals surface area contributed by atoms with Gasteiger partial charge >= 0.3 is 11.9 Å². The third-order valence-electron chi connectivity index (χ3n) is 3.66. The highest BCUT2D eigenvalue weighted by Crippen LogP contribution is 2.33. The van der Waals surface area contributed by atoms with Gasteiger partial charge in [0.25, 0.3) is 0 Å². The number of primary sulfonamides is 1. The number of esters is 1. The molecule has 0 aliphatic rings. The highest BCUT2D eigenvalue weighted by atomic mass is 35.5. The molecule has 0 fully saturated rings. The lowest BCUT2D eigenvalue weighted by atomic mass is 10.3. The number of amides is 1. The Hall–Kier alpha value is -2.47. The van der Waals surface area contributed by atoms with Crippen molar-refractivity contribution in [3.63, 3.8) is 0 Å². The largest absolute Gasteiger partial charge is 0.419 e. The highest BCUT2D eigenvalue weighted by Gasteiger charge is 2.28. The summed E-state index contributed by atoms with van der Waals surface area (Å²) in [5.41, 5.74) is -0.463. The molecule has 9 nitrogen and oxygen atoms in total. The fourth-order valence-electron chi connectivity index (χ4n) is 2.16. The number of sulfonamides is 1. The molecule has 0 aliphatic carbocycles. The number of ether oxygens (including phenoxy) is 1. The van der Waals surface area contributed by atoms with Gasteiger partial charge in [-0.05, 0) is 38.1 Å². The Morgan fingerprint density at radius 1 is 1.03 bits per heavy atom. The van der Waals surface area contributed by atoms with Gasteiger partial charge in [-0.25, -0.2) is 26.8 Å². The second-order valence-electron chi connectivity index (χ2n) is 6.07. The predicted molar refractivity (Wildman–Crippen MR) is 106 cm³/mol. The van der Waals surface area contributed by atoms with Gasteiger partial charge in [-0.3, -0.25) is 4.79 Å². The fraction of sp³-hybridized carbons (Fsp3) is 0.176. The molecule has 0 aliphatic heterocycles. The van der Waals surface area contributed by atoms with Crippen LogP contribution in [0.15, 0.2) is 52.3 Å². The van der Waals surface area contributed by atoms with Crippen LogP contribution in [0.5, 0.6) is 5.75 Å². The van der Waals surface area contributed by atoms with E-state index in [9.17, 15) is 26.4 Å². The third-order valence-corrected chi connectivity index (χ3v) is 7.22. The van der Waals surface area contributed by atoms with E-state index in [1.807, 2.05) is 5.32 Å². The van der Waals surface area contributed by atoms with Gasteiger partial charge in [0.2, 0.25) is 10.0 Å². The van der Waals surface area contributed by atoms with Gasteiger partial charge in [-0.15, -0.1) is 0 Å². The van der Waals surface area contributed by atoms with Crippen molar-refractivity contribution in [1.29, 1.82) is 0 Å². The Morgan fingerprint density at radius 2 is 1.62 bits per heavy atom. The number of benzene rings is 2. The second-order valence-corrected chi connectivity index (χ2v) is 10.5. The normalized spacial score (nSPS) is 11.9. The van der Waals surface area contributed by atoms with Crippen LogP contribution >= 0.6 is 11.6 Å². The van der Waals surface area contributed by atoms with Crippen molar-refractivity contribution in [3.05, 3.63) is 47.5 Å². The Kier molecular flexibility index (Phi) is 6.68. The zero-order chi connectivity index (χ0) is 22.0. The molecule has 2 aromatic carbocycles. The minimum absolute atomic E-state index is 0.0933. The van der Waals surface area contributed by atoms with E-state index >= 15 is 0 Å². The first-order valence-corrected chi connectivity index (χ1v) is 11.5. The molecule has 0 aromatic heterocycles. The quantitative estimate of drug-likeness (QED) is 0.391. The van der Waals surface area contributed by atoms with Crippen molar-refractivity contribution in [1.82, 2.24) is 0 Å². The summed E-state index contributed by atoms with van der Waals surface area (Å²) < 4.78 is 53.5. The first-order valence-electron chi connectivity index (χ1n) is 8.02. The molecule has 2 rings (SSSR count). The molecule has 0 heterocycles. The summed E-state index contributed by atoms with van der Waals surface area (Å²) in [6, 6.07) is 9.33. The minimum Gasteiger partial charge on any atom is -0.419 e. The van der Waals surface area contributed by atoms with Crippen LogP contribution in [0.1, 0.15) is 13.8 Å².